The number of amides is 2. The molecule has 8 heteroatoms. The van der Waals surface area contributed by atoms with Crippen LogP contribution in [0.4, 0.5) is 23.1 Å². The monoisotopic (exact) mass is 293 g/mol. The van der Waals surface area contributed by atoms with E-state index in [0.717, 1.165) is 23.4 Å². The van der Waals surface area contributed by atoms with E-state index in [-0.39, 0.29) is 5.41 Å². The first-order valence-electron chi connectivity index (χ1n) is 5.79. The van der Waals surface area contributed by atoms with Crippen molar-refractivity contribution in [1.29, 1.82) is 0 Å². The van der Waals surface area contributed by atoms with Crippen LogP contribution in [-0.4, -0.2) is 23.7 Å². The molecule has 1 aliphatic rings. The summed E-state index contributed by atoms with van der Waals surface area (Å²) in [6.45, 7) is 2.77. The first kappa shape index (κ1) is 14.1. The molecule has 1 heterocycles. The molecule has 0 saturated carbocycles. The lowest BCUT2D eigenvalue weighted by molar-refractivity contribution is -0.122. The second-order valence-electron chi connectivity index (χ2n) is 5.10. The number of aryl methyl sites for hydroxylation is 1. The number of anilines is 1. The summed E-state index contributed by atoms with van der Waals surface area (Å²) in [6, 6.07) is -0.887. The molecule has 0 unspecified atom stereocenters. The molecule has 1 aromatic rings. The zero-order valence-electron chi connectivity index (χ0n) is 10.5. The van der Waals surface area contributed by atoms with Gasteiger partial charge in [0, 0.05) is 10.3 Å². The van der Waals surface area contributed by atoms with Crippen LogP contribution in [0.5, 0.6) is 0 Å². The molecule has 0 atom stereocenters. The van der Waals surface area contributed by atoms with E-state index in [0.29, 0.717) is 5.13 Å². The lowest BCUT2D eigenvalue weighted by Gasteiger charge is -2.15. The third-order valence-corrected chi connectivity index (χ3v) is 4.02. The maximum atomic E-state index is 11.9. The Morgan fingerprint density at radius 2 is 2.16 bits per heavy atom. The van der Waals surface area contributed by atoms with Gasteiger partial charge in [-0.25, -0.2) is 9.78 Å². The van der Waals surface area contributed by atoms with E-state index >= 15 is 0 Å². The summed E-state index contributed by atoms with van der Waals surface area (Å²) in [5.41, 5.74) is 0.900. The molecular formula is C11H14F3N3OS. The number of carbonyl (C=O) groups is 1. The normalized spacial score (nSPS) is 17.1. The van der Waals surface area contributed by atoms with Gasteiger partial charge in [0.2, 0.25) is 0 Å². The number of halogens is 3. The standard InChI is InChI=1S/C11H14F3N3OS/c1-10(2)4-3-6-7(10)16-9(19-6)17-8(18)15-5-11(12,13)14/h3-5H2,1-2H3,(H2,15,16,17,18). The summed E-state index contributed by atoms with van der Waals surface area (Å²) < 4.78 is 35.8. The quantitative estimate of drug-likeness (QED) is 0.880. The Bertz CT molecular complexity index is 496. The number of aromatic nitrogens is 1. The third kappa shape index (κ3) is 3.37. The van der Waals surface area contributed by atoms with Gasteiger partial charge in [-0.1, -0.05) is 13.8 Å². The zero-order valence-corrected chi connectivity index (χ0v) is 11.3. The second-order valence-corrected chi connectivity index (χ2v) is 6.18. The lowest BCUT2D eigenvalue weighted by Crippen LogP contribution is -2.36. The molecule has 2 amide bonds. The summed E-state index contributed by atoms with van der Waals surface area (Å²) in [5, 5.41) is 4.43. The second kappa shape index (κ2) is 4.66. The molecular weight excluding hydrogens is 279 g/mol. The van der Waals surface area contributed by atoms with Crippen molar-refractivity contribution in [3.63, 3.8) is 0 Å². The van der Waals surface area contributed by atoms with Gasteiger partial charge in [0.25, 0.3) is 0 Å². The maximum absolute atomic E-state index is 11.9. The number of alkyl halides is 3. The molecule has 0 fully saturated rings. The minimum absolute atomic E-state index is 0.0335. The number of hydrogen-bond donors (Lipinski definition) is 2. The van der Waals surface area contributed by atoms with Crippen molar-refractivity contribution >= 4 is 22.5 Å². The predicted octanol–water partition coefficient (Wildman–Crippen LogP) is 3.05. The Balaban J connectivity index is 1.96. The van der Waals surface area contributed by atoms with E-state index in [9.17, 15) is 18.0 Å². The van der Waals surface area contributed by atoms with Crippen molar-refractivity contribution in [2.45, 2.75) is 38.3 Å². The number of fused-ring (bicyclic) bond motifs is 1. The van der Waals surface area contributed by atoms with Gasteiger partial charge in [0.15, 0.2) is 5.13 Å². The Kier molecular flexibility index (Phi) is 3.46. The van der Waals surface area contributed by atoms with Crippen molar-refractivity contribution in [3.8, 4) is 0 Å². The molecule has 0 bridgehead atoms. The summed E-state index contributed by atoms with van der Waals surface area (Å²) in [7, 11) is 0. The van der Waals surface area contributed by atoms with Gasteiger partial charge in [-0.05, 0) is 12.8 Å². The van der Waals surface area contributed by atoms with Crippen LogP contribution in [0.1, 0.15) is 30.8 Å². The van der Waals surface area contributed by atoms with E-state index < -0.39 is 18.8 Å². The van der Waals surface area contributed by atoms with Gasteiger partial charge in [-0.3, -0.25) is 5.32 Å². The van der Waals surface area contributed by atoms with E-state index in [1.54, 1.807) is 5.32 Å². The summed E-state index contributed by atoms with van der Waals surface area (Å²) in [4.78, 5) is 16.7. The molecule has 4 nitrogen and oxygen atoms in total. The number of rotatable bonds is 2. The van der Waals surface area contributed by atoms with Crippen molar-refractivity contribution in [3.05, 3.63) is 10.6 Å². The fourth-order valence-electron chi connectivity index (χ4n) is 1.97. The molecule has 0 saturated heterocycles. The van der Waals surface area contributed by atoms with Crippen LogP contribution in [0, 0.1) is 0 Å². The average molecular weight is 293 g/mol. The topological polar surface area (TPSA) is 54.0 Å². The van der Waals surface area contributed by atoms with E-state index in [4.69, 9.17) is 0 Å². The molecule has 19 heavy (non-hydrogen) atoms. The summed E-state index contributed by atoms with van der Waals surface area (Å²) >= 11 is 1.32. The number of hydrogen-bond acceptors (Lipinski definition) is 3. The SMILES string of the molecule is CC1(C)CCc2sc(NC(=O)NCC(F)(F)F)nc21. The number of carbonyl (C=O) groups excluding carboxylic acids is 1. The summed E-state index contributed by atoms with van der Waals surface area (Å²) in [5.74, 6) is 0. The fraction of sp³-hybridized carbons (Fsp3) is 0.636. The Morgan fingerprint density at radius 3 is 2.74 bits per heavy atom. The van der Waals surface area contributed by atoms with Gasteiger partial charge in [0.1, 0.15) is 6.54 Å². The van der Waals surface area contributed by atoms with Crippen LogP contribution >= 0.6 is 11.3 Å². The number of nitrogens with zero attached hydrogens (tertiary/aromatic N) is 1. The Morgan fingerprint density at radius 1 is 1.47 bits per heavy atom. The lowest BCUT2D eigenvalue weighted by atomic mass is 9.91. The highest BCUT2D eigenvalue weighted by Crippen LogP contribution is 2.41. The largest absolute Gasteiger partial charge is 0.405 e. The van der Waals surface area contributed by atoms with E-state index in [1.807, 2.05) is 0 Å². The third-order valence-electron chi connectivity index (χ3n) is 2.99. The van der Waals surface area contributed by atoms with Gasteiger partial charge in [-0.15, -0.1) is 11.3 Å². The minimum Gasteiger partial charge on any atom is -0.329 e. The van der Waals surface area contributed by atoms with E-state index in [2.05, 4.69) is 24.1 Å². The van der Waals surface area contributed by atoms with Crippen LogP contribution in [0.15, 0.2) is 0 Å². The van der Waals surface area contributed by atoms with Gasteiger partial charge in [-0.2, -0.15) is 13.2 Å². The van der Waals surface area contributed by atoms with Crippen LogP contribution in [0.2, 0.25) is 0 Å². The highest BCUT2D eigenvalue weighted by atomic mass is 32.1. The molecule has 1 aromatic heterocycles. The first-order chi connectivity index (χ1) is 8.67. The number of thiazole rings is 1. The average Bonchev–Trinajstić information content (AvgIpc) is 2.77. The molecule has 0 aromatic carbocycles. The van der Waals surface area contributed by atoms with Crippen LogP contribution < -0.4 is 10.6 Å². The summed E-state index contributed by atoms with van der Waals surface area (Å²) in [6.07, 6.45) is -2.52. The highest BCUT2D eigenvalue weighted by molar-refractivity contribution is 7.16. The highest BCUT2D eigenvalue weighted by Gasteiger charge is 2.34. The smallest absolute Gasteiger partial charge is 0.329 e. The van der Waals surface area contributed by atoms with Crippen LogP contribution in [-0.2, 0) is 11.8 Å². The molecule has 1 aliphatic carbocycles. The molecule has 2 rings (SSSR count). The Hall–Kier alpha value is -1.31. The van der Waals surface area contributed by atoms with Crippen LogP contribution in [0.3, 0.4) is 0 Å². The predicted molar refractivity (Wildman–Crippen MR) is 66.5 cm³/mol. The van der Waals surface area contributed by atoms with Gasteiger partial charge >= 0.3 is 12.2 Å². The Labute approximate surface area is 112 Å². The number of nitrogens with one attached hydrogen (secondary N) is 2. The van der Waals surface area contributed by atoms with Crippen molar-refractivity contribution < 1.29 is 18.0 Å². The number of urea groups is 1. The zero-order chi connectivity index (χ0) is 14.3. The van der Waals surface area contributed by atoms with Crippen molar-refractivity contribution in [1.82, 2.24) is 10.3 Å². The maximum Gasteiger partial charge on any atom is 0.405 e. The minimum atomic E-state index is -4.41. The first-order valence-corrected chi connectivity index (χ1v) is 6.61. The molecule has 0 radical (unpaired) electrons. The van der Waals surface area contributed by atoms with Crippen LogP contribution in [0.25, 0.3) is 0 Å². The molecule has 0 aliphatic heterocycles. The van der Waals surface area contributed by atoms with Gasteiger partial charge < -0.3 is 5.32 Å². The van der Waals surface area contributed by atoms with E-state index in [1.165, 1.54) is 11.3 Å². The fourth-order valence-corrected chi connectivity index (χ4v) is 3.11. The van der Waals surface area contributed by atoms with Gasteiger partial charge in [0.05, 0.1) is 5.69 Å². The van der Waals surface area contributed by atoms with Crippen molar-refractivity contribution in [2.24, 2.45) is 0 Å². The molecule has 0 spiro atoms. The van der Waals surface area contributed by atoms with Crippen molar-refractivity contribution in [2.75, 3.05) is 11.9 Å². The molecule has 2 N–H and O–H groups in total. The molecule has 106 valence electrons.